The van der Waals surface area contributed by atoms with Gasteiger partial charge in [0.1, 0.15) is 11.6 Å². The molecule has 3 heterocycles. The fraction of sp³-hybridized carbons (Fsp3) is 0.333. The second-order valence-corrected chi connectivity index (χ2v) is 9.57. The first kappa shape index (κ1) is 21.4. The molecule has 0 saturated carbocycles. The molecular weight excluding hydrogens is 450 g/mol. The number of guanidine groups is 2. The number of aliphatic imine (C=N–C) groups is 2. The van der Waals surface area contributed by atoms with E-state index in [-0.39, 0.29) is 24.4 Å². The van der Waals surface area contributed by atoms with Crippen molar-refractivity contribution in [1.29, 1.82) is 0 Å². The molecule has 35 heavy (non-hydrogen) atoms. The number of carboxylic acids is 1. The van der Waals surface area contributed by atoms with Crippen LogP contribution >= 0.6 is 0 Å². The summed E-state index contributed by atoms with van der Waals surface area (Å²) in [6.07, 6.45) is 0.639. The number of nitrogens with one attached hydrogen (secondary N) is 2. The van der Waals surface area contributed by atoms with Gasteiger partial charge in [0.15, 0.2) is 23.6 Å². The van der Waals surface area contributed by atoms with E-state index in [1.165, 1.54) is 6.92 Å². The van der Waals surface area contributed by atoms with Crippen molar-refractivity contribution in [2.24, 2.45) is 21.5 Å². The number of carboxylic acid groups (broad SMARTS) is 1. The highest BCUT2D eigenvalue weighted by molar-refractivity contribution is 5.99. The lowest BCUT2D eigenvalue weighted by molar-refractivity contribution is -0.142. The summed E-state index contributed by atoms with van der Waals surface area (Å²) < 4.78 is 0. The third kappa shape index (κ3) is 2.69. The third-order valence-corrected chi connectivity index (χ3v) is 7.77. The summed E-state index contributed by atoms with van der Waals surface area (Å²) >= 11 is 0. The van der Waals surface area contributed by atoms with Crippen molar-refractivity contribution in [3.63, 3.8) is 0 Å². The Kier molecular flexibility index (Phi) is 4.25. The lowest BCUT2D eigenvalue weighted by Crippen LogP contribution is -2.77. The Labute approximate surface area is 200 Å². The van der Waals surface area contributed by atoms with E-state index in [1.54, 1.807) is 11.0 Å². The number of hydrogen-bond acceptors (Lipinski definition) is 9. The Balaban J connectivity index is 1.35. The number of rotatable bonds is 3. The molecule has 6 rings (SSSR count). The summed E-state index contributed by atoms with van der Waals surface area (Å²) in [5.74, 6) is -1.67. The molecule has 1 spiro atoms. The predicted molar refractivity (Wildman–Crippen MR) is 128 cm³/mol. The monoisotopic (exact) mass is 475 g/mol. The number of carbonyl (C=O) groups is 2. The van der Waals surface area contributed by atoms with Crippen LogP contribution in [0.5, 0.6) is 0 Å². The number of benzene rings is 2. The third-order valence-electron chi connectivity index (χ3n) is 7.77. The number of fused-ring (bicyclic) bond motifs is 3. The highest BCUT2D eigenvalue weighted by Crippen LogP contribution is 2.46. The highest BCUT2D eigenvalue weighted by Gasteiger charge is 2.72. The molecule has 8 N–H and O–H groups in total. The van der Waals surface area contributed by atoms with Crippen LogP contribution in [-0.2, 0) is 11.2 Å². The molecule has 4 aliphatic rings. The summed E-state index contributed by atoms with van der Waals surface area (Å²) in [6, 6.07) is 10.4. The van der Waals surface area contributed by atoms with Crippen LogP contribution in [0, 0.1) is 0 Å². The fourth-order valence-corrected chi connectivity index (χ4v) is 6.08. The SMILES string of the molecule is C[C@]1(O)C(NC(=O)c2cccc3c2Cc2ccccc2-3)CN2C(N)=N[C@@H](C(=O)O)C3N=C(N)NC321. The molecule has 1 fully saturated rings. The van der Waals surface area contributed by atoms with E-state index in [2.05, 4.69) is 20.6 Å². The van der Waals surface area contributed by atoms with E-state index >= 15 is 0 Å². The van der Waals surface area contributed by atoms with Crippen molar-refractivity contribution < 1.29 is 19.8 Å². The largest absolute Gasteiger partial charge is 0.480 e. The van der Waals surface area contributed by atoms with Crippen LogP contribution in [0.4, 0.5) is 0 Å². The minimum Gasteiger partial charge on any atom is -0.480 e. The zero-order chi connectivity index (χ0) is 24.7. The fourth-order valence-electron chi connectivity index (χ4n) is 6.08. The number of hydrogen-bond donors (Lipinski definition) is 6. The van der Waals surface area contributed by atoms with Gasteiger partial charge in [0.05, 0.1) is 6.04 Å². The lowest BCUT2D eigenvalue weighted by atomic mass is 9.78. The zero-order valence-corrected chi connectivity index (χ0v) is 18.9. The number of nitrogens with zero attached hydrogens (tertiary/aromatic N) is 3. The first-order chi connectivity index (χ1) is 16.6. The summed E-state index contributed by atoms with van der Waals surface area (Å²) in [7, 11) is 0. The lowest BCUT2D eigenvalue weighted by Gasteiger charge is -2.49. The molecule has 2 aromatic rings. The first-order valence-corrected chi connectivity index (χ1v) is 11.3. The molecule has 3 unspecified atom stereocenters. The van der Waals surface area contributed by atoms with E-state index in [9.17, 15) is 19.8 Å². The molecule has 1 amide bonds. The average molecular weight is 476 g/mol. The van der Waals surface area contributed by atoms with Crippen LogP contribution in [0.2, 0.25) is 0 Å². The van der Waals surface area contributed by atoms with Gasteiger partial charge in [-0.15, -0.1) is 0 Å². The van der Waals surface area contributed by atoms with Gasteiger partial charge < -0.3 is 37.2 Å². The molecule has 180 valence electrons. The molecule has 11 heteroatoms. The van der Waals surface area contributed by atoms with Crippen LogP contribution in [0.1, 0.15) is 28.4 Å². The average Bonchev–Trinajstić information content (AvgIpc) is 3.43. The van der Waals surface area contributed by atoms with E-state index in [1.807, 2.05) is 36.4 Å². The molecule has 0 aromatic heterocycles. The number of aliphatic carboxylic acids is 1. The van der Waals surface area contributed by atoms with Gasteiger partial charge in [0, 0.05) is 12.1 Å². The van der Waals surface area contributed by atoms with Crippen molar-refractivity contribution in [1.82, 2.24) is 15.5 Å². The second-order valence-electron chi connectivity index (χ2n) is 9.57. The van der Waals surface area contributed by atoms with E-state index in [0.29, 0.717) is 12.0 Å². The minimum atomic E-state index is -1.70. The molecule has 11 nitrogen and oxygen atoms in total. The van der Waals surface area contributed by atoms with Gasteiger partial charge in [-0.2, -0.15) is 0 Å². The molecule has 3 aliphatic heterocycles. The maximum atomic E-state index is 13.5. The van der Waals surface area contributed by atoms with Crippen LogP contribution in [-0.4, -0.2) is 74.8 Å². The van der Waals surface area contributed by atoms with Gasteiger partial charge in [-0.1, -0.05) is 36.4 Å². The van der Waals surface area contributed by atoms with Crippen molar-refractivity contribution in [3.8, 4) is 11.1 Å². The summed E-state index contributed by atoms with van der Waals surface area (Å²) in [6.45, 7) is 1.61. The van der Waals surface area contributed by atoms with Crippen molar-refractivity contribution in [2.45, 2.75) is 42.7 Å². The number of nitrogens with two attached hydrogens (primary N) is 2. The Morgan fingerprint density at radius 3 is 2.66 bits per heavy atom. The van der Waals surface area contributed by atoms with Gasteiger partial charge in [-0.3, -0.25) is 4.79 Å². The van der Waals surface area contributed by atoms with Crippen LogP contribution in [0.15, 0.2) is 52.4 Å². The van der Waals surface area contributed by atoms with Gasteiger partial charge >= 0.3 is 5.97 Å². The topological polar surface area (TPSA) is 179 Å². The van der Waals surface area contributed by atoms with E-state index < -0.39 is 35.4 Å². The summed E-state index contributed by atoms with van der Waals surface area (Å²) in [5.41, 5.74) is 13.6. The van der Waals surface area contributed by atoms with Crippen LogP contribution in [0.3, 0.4) is 0 Å². The molecule has 0 bridgehead atoms. The summed E-state index contributed by atoms with van der Waals surface area (Å²) in [5, 5.41) is 27.5. The van der Waals surface area contributed by atoms with Crippen molar-refractivity contribution in [2.75, 3.05) is 6.54 Å². The molecule has 2 aromatic carbocycles. The second kappa shape index (κ2) is 6.95. The molecular formula is C24H25N7O4. The molecule has 5 atom stereocenters. The van der Waals surface area contributed by atoms with Crippen LogP contribution < -0.4 is 22.1 Å². The van der Waals surface area contributed by atoms with Crippen LogP contribution in [0.25, 0.3) is 11.1 Å². The van der Waals surface area contributed by atoms with E-state index in [0.717, 1.165) is 22.3 Å². The van der Waals surface area contributed by atoms with Gasteiger partial charge in [-0.05, 0) is 41.7 Å². The molecule has 0 radical (unpaired) electrons. The predicted octanol–water partition coefficient (Wildman–Crippen LogP) is -0.813. The first-order valence-electron chi connectivity index (χ1n) is 11.3. The van der Waals surface area contributed by atoms with Gasteiger partial charge in [0.25, 0.3) is 5.91 Å². The Morgan fingerprint density at radius 2 is 1.89 bits per heavy atom. The smallest absolute Gasteiger partial charge is 0.331 e. The minimum absolute atomic E-state index is 0.0259. The quantitative estimate of drug-likeness (QED) is 0.285. The normalized spacial score (nSPS) is 31.9. The standard InChI is InChI=1S/C24H25N7O4/c1-23(35)16(10-31-22(26)28-17(20(33)34)18-24(23,31)30-21(25)29-18)27-19(32)14-8-4-7-13-12-6-3-2-5-11(12)9-15(13)14/h2-8,16-18,35H,9-10H2,1H3,(H2,26,28)(H,27,32)(H,33,34)(H3,25,29,30)/t16?,17-,18?,23+,24?/m1/s1. The highest BCUT2D eigenvalue weighted by atomic mass is 16.4. The maximum absolute atomic E-state index is 13.5. The van der Waals surface area contributed by atoms with Crippen molar-refractivity contribution >= 4 is 23.8 Å². The zero-order valence-electron chi connectivity index (χ0n) is 18.9. The maximum Gasteiger partial charge on any atom is 0.331 e. The van der Waals surface area contributed by atoms with Gasteiger partial charge in [-0.25, -0.2) is 14.8 Å². The Bertz CT molecular complexity index is 1350. The van der Waals surface area contributed by atoms with Gasteiger partial charge in [0.2, 0.25) is 0 Å². The number of aliphatic hydroxyl groups is 1. The number of carbonyl (C=O) groups excluding carboxylic acids is 1. The van der Waals surface area contributed by atoms with E-state index in [4.69, 9.17) is 11.5 Å². The summed E-state index contributed by atoms with van der Waals surface area (Å²) in [4.78, 5) is 35.4. The van der Waals surface area contributed by atoms with Crippen molar-refractivity contribution in [3.05, 3.63) is 59.2 Å². The molecule has 1 aliphatic carbocycles. The Hall–Kier alpha value is -4.12. The Morgan fingerprint density at radius 1 is 1.14 bits per heavy atom. The molecule has 1 saturated heterocycles. The number of amides is 1.